The minimum Gasteiger partial charge on any atom is -0.350 e. The first kappa shape index (κ1) is 14.0. The molecule has 0 spiro atoms. The predicted octanol–water partition coefficient (Wildman–Crippen LogP) is 1.87. The number of rotatable bonds is 5. The second-order valence-electron chi connectivity index (χ2n) is 3.98. The van der Waals surface area contributed by atoms with E-state index in [4.69, 9.17) is 11.6 Å². The summed E-state index contributed by atoms with van der Waals surface area (Å²) in [6.07, 6.45) is 2.48. The average molecular weight is 295 g/mol. The van der Waals surface area contributed by atoms with Gasteiger partial charge in [0.2, 0.25) is 0 Å². The minimum absolute atomic E-state index is 0.0750. The molecule has 7 nitrogen and oxygen atoms in total. The molecule has 0 aliphatic rings. The molecule has 0 bridgehead atoms. The Kier molecular flexibility index (Phi) is 4.31. The summed E-state index contributed by atoms with van der Waals surface area (Å²) < 4.78 is 1.40. The Balaban J connectivity index is 1.84. The molecule has 0 radical (unpaired) electrons. The van der Waals surface area contributed by atoms with Gasteiger partial charge >= 0.3 is 5.69 Å². The fourth-order valence-electron chi connectivity index (χ4n) is 1.56. The summed E-state index contributed by atoms with van der Waals surface area (Å²) in [6, 6.07) is 6.51. The minimum atomic E-state index is -0.518. The summed E-state index contributed by atoms with van der Waals surface area (Å²) in [5, 5.41) is 17.6. The quantitative estimate of drug-likeness (QED) is 0.673. The van der Waals surface area contributed by atoms with Gasteiger partial charge in [-0.3, -0.25) is 19.6 Å². The molecule has 2 aromatic rings. The molecule has 1 aromatic carbocycles. The van der Waals surface area contributed by atoms with E-state index in [1.165, 1.54) is 17.1 Å². The van der Waals surface area contributed by atoms with Gasteiger partial charge in [0.25, 0.3) is 5.91 Å². The fraction of sp³-hybridized carbons (Fsp3) is 0.167. The van der Waals surface area contributed by atoms with Gasteiger partial charge in [-0.05, 0) is 24.3 Å². The van der Waals surface area contributed by atoms with Crippen LogP contribution in [0, 0.1) is 10.1 Å². The number of nitro groups is 1. The molecule has 2 rings (SSSR count). The molecule has 0 saturated heterocycles. The van der Waals surface area contributed by atoms with Crippen molar-refractivity contribution >= 4 is 23.2 Å². The maximum absolute atomic E-state index is 11.8. The Bertz CT molecular complexity index is 624. The lowest BCUT2D eigenvalue weighted by atomic mass is 10.2. The highest BCUT2D eigenvalue weighted by Gasteiger charge is 2.09. The summed E-state index contributed by atoms with van der Waals surface area (Å²) in [5.41, 5.74) is 0.426. The number of carbonyl (C=O) groups excluding carboxylic acids is 1. The molecule has 0 aliphatic heterocycles. The van der Waals surface area contributed by atoms with Crippen LogP contribution in [-0.4, -0.2) is 27.2 Å². The van der Waals surface area contributed by atoms with Gasteiger partial charge in [-0.2, -0.15) is 5.10 Å². The van der Waals surface area contributed by atoms with E-state index < -0.39 is 4.92 Å². The van der Waals surface area contributed by atoms with Crippen LogP contribution in [0.1, 0.15) is 10.4 Å². The smallest absolute Gasteiger partial charge is 0.306 e. The predicted molar refractivity (Wildman–Crippen MR) is 72.7 cm³/mol. The highest BCUT2D eigenvalue weighted by molar-refractivity contribution is 6.30. The Labute approximate surface area is 119 Å². The van der Waals surface area contributed by atoms with Crippen molar-refractivity contribution in [3.05, 3.63) is 57.4 Å². The summed E-state index contributed by atoms with van der Waals surface area (Å²) in [4.78, 5) is 21.7. The Hall–Kier alpha value is -2.41. The number of nitrogens with one attached hydrogen (secondary N) is 1. The van der Waals surface area contributed by atoms with Crippen molar-refractivity contribution in [2.75, 3.05) is 6.54 Å². The second-order valence-corrected chi connectivity index (χ2v) is 4.42. The van der Waals surface area contributed by atoms with Crippen LogP contribution in [0.2, 0.25) is 5.02 Å². The second kappa shape index (κ2) is 6.16. The van der Waals surface area contributed by atoms with Gasteiger partial charge in [0.15, 0.2) is 0 Å². The zero-order valence-corrected chi connectivity index (χ0v) is 11.1. The molecule has 1 aromatic heterocycles. The Morgan fingerprint density at radius 3 is 2.70 bits per heavy atom. The standard InChI is InChI=1S/C12H11ClN4O3/c13-10-3-1-9(2-4-10)12(18)14-5-6-16-8-11(7-15-16)17(19)20/h1-4,7-8H,5-6H2,(H,14,18). The zero-order valence-electron chi connectivity index (χ0n) is 10.3. The van der Waals surface area contributed by atoms with Crippen LogP contribution in [0.4, 0.5) is 5.69 Å². The third-order valence-electron chi connectivity index (χ3n) is 2.56. The van der Waals surface area contributed by atoms with Crippen molar-refractivity contribution in [2.24, 2.45) is 0 Å². The van der Waals surface area contributed by atoms with Crippen molar-refractivity contribution in [1.82, 2.24) is 15.1 Å². The highest BCUT2D eigenvalue weighted by atomic mass is 35.5. The number of amides is 1. The van der Waals surface area contributed by atoms with E-state index in [1.54, 1.807) is 24.3 Å². The zero-order chi connectivity index (χ0) is 14.5. The van der Waals surface area contributed by atoms with Gasteiger partial charge in [-0.25, -0.2) is 0 Å². The number of hydrogen-bond acceptors (Lipinski definition) is 4. The molecule has 20 heavy (non-hydrogen) atoms. The summed E-state index contributed by atoms with van der Waals surface area (Å²) in [7, 11) is 0. The van der Waals surface area contributed by atoms with Gasteiger partial charge in [-0.15, -0.1) is 0 Å². The molecule has 1 amide bonds. The number of aromatic nitrogens is 2. The lowest BCUT2D eigenvalue weighted by Gasteiger charge is -2.05. The molecule has 0 aliphatic carbocycles. The SMILES string of the molecule is O=C(NCCn1cc([N+](=O)[O-])cn1)c1ccc(Cl)cc1. The van der Waals surface area contributed by atoms with Gasteiger partial charge in [-0.1, -0.05) is 11.6 Å². The van der Waals surface area contributed by atoms with Crippen molar-refractivity contribution in [3.63, 3.8) is 0 Å². The monoisotopic (exact) mass is 294 g/mol. The van der Waals surface area contributed by atoms with E-state index in [-0.39, 0.29) is 11.6 Å². The Morgan fingerprint density at radius 1 is 1.40 bits per heavy atom. The molecule has 8 heteroatoms. The third kappa shape index (κ3) is 3.55. The van der Waals surface area contributed by atoms with Crippen LogP contribution in [0.3, 0.4) is 0 Å². The van der Waals surface area contributed by atoms with Crippen molar-refractivity contribution < 1.29 is 9.72 Å². The summed E-state index contributed by atoms with van der Waals surface area (Å²) in [5.74, 6) is -0.233. The lowest BCUT2D eigenvalue weighted by molar-refractivity contribution is -0.385. The van der Waals surface area contributed by atoms with Crippen LogP contribution in [0.5, 0.6) is 0 Å². The Morgan fingerprint density at radius 2 is 2.10 bits per heavy atom. The molecule has 0 atom stereocenters. The third-order valence-corrected chi connectivity index (χ3v) is 2.82. The molecule has 1 heterocycles. The van der Waals surface area contributed by atoms with E-state index in [0.717, 1.165) is 0 Å². The molecule has 0 saturated carbocycles. The maximum atomic E-state index is 11.8. The number of nitrogens with zero attached hydrogens (tertiary/aromatic N) is 3. The molecule has 1 N–H and O–H groups in total. The van der Waals surface area contributed by atoms with E-state index >= 15 is 0 Å². The van der Waals surface area contributed by atoms with Crippen LogP contribution in [0.25, 0.3) is 0 Å². The van der Waals surface area contributed by atoms with Crippen LogP contribution < -0.4 is 5.32 Å². The maximum Gasteiger partial charge on any atom is 0.306 e. The van der Waals surface area contributed by atoms with Gasteiger partial charge in [0, 0.05) is 17.1 Å². The van der Waals surface area contributed by atoms with E-state index in [2.05, 4.69) is 10.4 Å². The van der Waals surface area contributed by atoms with Crippen molar-refractivity contribution in [3.8, 4) is 0 Å². The van der Waals surface area contributed by atoms with Crippen LogP contribution in [-0.2, 0) is 6.54 Å². The highest BCUT2D eigenvalue weighted by Crippen LogP contribution is 2.09. The van der Waals surface area contributed by atoms with E-state index in [0.29, 0.717) is 23.7 Å². The topological polar surface area (TPSA) is 90.1 Å². The number of halogens is 1. The molecular weight excluding hydrogens is 284 g/mol. The molecule has 0 fully saturated rings. The van der Waals surface area contributed by atoms with E-state index in [9.17, 15) is 14.9 Å². The molecule has 104 valence electrons. The van der Waals surface area contributed by atoms with E-state index in [1.807, 2.05) is 0 Å². The number of hydrogen-bond donors (Lipinski definition) is 1. The number of carbonyl (C=O) groups is 1. The molecular formula is C12H11ClN4O3. The lowest BCUT2D eigenvalue weighted by Crippen LogP contribution is -2.27. The fourth-order valence-corrected chi connectivity index (χ4v) is 1.68. The first-order chi connectivity index (χ1) is 9.56. The van der Waals surface area contributed by atoms with Gasteiger partial charge in [0.1, 0.15) is 12.4 Å². The summed E-state index contributed by atoms with van der Waals surface area (Å²) >= 11 is 5.73. The van der Waals surface area contributed by atoms with Gasteiger partial charge < -0.3 is 5.32 Å². The number of benzene rings is 1. The first-order valence-corrected chi connectivity index (χ1v) is 6.14. The summed E-state index contributed by atoms with van der Waals surface area (Å²) in [6.45, 7) is 0.674. The van der Waals surface area contributed by atoms with Crippen molar-refractivity contribution in [1.29, 1.82) is 0 Å². The molecule has 0 unspecified atom stereocenters. The van der Waals surface area contributed by atoms with Gasteiger partial charge in [0.05, 0.1) is 11.5 Å². The average Bonchev–Trinajstić information content (AvgIpc) is 2.88. The van der Waals surface area contributed by atoms with Crippen molar-refractivity contribution in [2.45, 2.75) is 6.54 Å². The van der Waals surface area contributed by atoms with Crippen LogP contribution >= 0.6 is 11.6 Å². The van der Waals surface area contributed by atoms with Crippen LogP contribution in [0.15, 0.2) is 36.7 Å². The largest absolute Gasteiger partial charge is 0.350 e. The first-order valence-electron chi connectivity index (χ1n) is 5.77. The normalized spacial score (nSPS) is 10.2.